The Hall–Kier alpha value is -2.38. The van der Waals surface area contributed by atoms with Gasteiger partial charge < -0.3 is 9.64 Å². The van der Waals surface area contributed by atoms with Gasteiger partial charge in [0.2, 0.25) is 15.9 Å². The first kappa shape index (κ1) is 19.9. The van der Waals surface area contributed by atoms with Crippen LogP contribution in [-0.2, 0) is 14.8 Å². The van der Waals surface area contributed by atoms with E-state index >= 15 is 0 Å². The first-order valence-electron chi connectivity index (χ1n) is 8.23. The summed E-state index contributed by atoms with van der Waals surface area (Å²) in [5.74, 6) is 0.131. The standard InChI is InChI=1S/C19H24N2O4S/c1-14-5-8-17(9-6-14)21(16(3)22)12-11-20-26(23,24)19-13-15(2)7-10-18(19)25-4/h5-10,13,20H,11-12H2,1-4H3. The fourth-order valence-corrected chi connectivity index (χ4v) is 3.83. The first-order valence-corrected chi connectivity index (χ1v) is 9.72. The first-order chi connectivity index (χ1) is 12.2. The number of aryl methyl sites for hydroxylation is 2. The highest BCUT2D eigenvalue weighted by Crippen LogP contribution is 2.24. The molecule has 1 amide bonds. The molecule has 0 bridgehead atoms. The van der Waals surface area contributed by atoms with E-state index in [0.29, 0.717) is 0 Å². The molecule has 0 radical (unpaired) electrons. The van der Waals surface area contributed by atoms with Crippen LogP contribution in [0.4, 0.5) is 5.69 Å². The molecule has 0 saturated heterocycles. The van der Waals surface area contributed by atoms with Crippen LogP contribution in [0, 0.1) is 13.8 Å². The van der Waals surface area contributed by atoms with Gasteiger partial charge in [-0.25, -0.2) is 13.1 Å². The maximum absolute atomic E-state index is 12.6. The number of nitrogens with one attached hydrogen (secondary N) is 1. The van der Waals surface area contributed by atoms with Crippen molar-refractivity contribution in [2.45, 2.75) is 25.7 Å². The summed E-state index contributed by atoms with van der Waals surface area (Å²) in [4.78, 5) is 13.6. The van der Waals surface area contributed by atoms with E-state index in [-0.39, 0.29) is 29.6 Å². The number of rotatable bonds is 7. The number of hydrogen-bond acceptors (Lipinski definition) is 4. The second-order valence-electron chi connectivity index (χ2n) is 6.06. The quantitative estimate of drug-likeness (QED) is 0.806. The zero-order chi connectivity index (χ0) is 19.3. The van der Waals surface area contributed by atoms with Gasteiger partial charge >= 0.3 is 0 Å². The van der Waals surface area contributed by atoms with E-state index in [1.807, 2.05) is 38.1 Å². The largest absolute Gasteiger partial charge is 0.495 e. The van der Waals surface area contributed by atoms with Crippen molar-refractivity contribution in [3.05, 3.63) is 53.6 Å². The van der Waals surface area contributed by atoms with Crippen LogP contribution in [0.25, 0.3) is 0 Å². The summed E-state index contributed by atoms with van der Waals surface area (Å²) in [5.41, 5.74) is 2.64. The molecule has 0 aliphatic heterocycles. The molecule has 0 saturated carbocycles. The van der Waals surface area contributed by atoms with Gasteiger partial charge in [-0.3, -0.25) is 4.79 Å². The molecular formula is C19H24N2O4S. The van der Waals surface area contributed by atoms with Gasteiger partial charge in [0, 0.05) is 25.7 Å². The van der Waals surface area contributed by atoms with E-state index in [2.05, 4.69) is 4.72 Å². The normalized spacial score (nSPS) is 11.2. The number of carbonyl (C=O) groups excluding carboxylic acids is 1. The third-order valence-corrected chi connectivity index (χ3v) is 5.44. The number of nitrogens with zero attached hydrogens (tertiary/aromatic N) is 1. The van der Waals surface area contributed by atoms with Crippen molar-refractivity contribution in [2.75, 3.05) is 25.1 Å². The summed E-state index contributed by atoms with van der Waals surface area (Å²) in [7, 11) is -2.32. The van der Waals surface area contributed by atoms with Crippen LogP contribution in [0.15, 0.2) is 47.4 Å². The van der Waals surface area contributed by atoms with Gasteiger partial charge in [-0.15, -0.1) is 0 Å². The molecule has 140 valence electrons. The van der Waals surface area contributed by atoms with Crippen LogP contribution in [0.1, 0.15) is 18.1 Å². The topological polar surface area (TPSA) is 75.7 Å². The molecule has 2 aromatic rings. The lowest BCUT2D eigenvalue weighted by Gasteiger charge is -2.21. The fraction of sp³-hybridized carbons (Fsp3) is 0.316. The predicted octanol–water partition coefficient (Wildman–Crippen LogP) is 2.64. The SMILES string of the molecule is COc1ccc(C)cc1S(=O)(=O)NCCN(C(C)=O)c1ccc(C)cc1. The highest BCUT2D eigenvalue weighted by molar-refractivity contribution is 7.89. The van der Waals surface area contributed by atoms with Crippen LogP contribution in [0.2, 0.25) is 0 Å². The predicted molar refractivity (Wildman–Crippen MR) is 102 cm³/mol. The van der Waals surface area contributed by atoms with Crippen molar-refractivity contribution in [3.63, 3.8) is 0 Å². The Labute approximate surface area is 154 Å². The molecule has 0 aliphatic carbocycles. The van der Waals surface area contributed by atoms with E-state index in [1.54, 1.807) is 18.2 Å². The minimum atomic E-state index is -3.75. The summed E-state index contributed by atoms with van der Waals surface area (Å²) in [6, 6.07) is 12.5. The smallest absolute Gasteiger partial charge is 0.244 e. The molecule has 0 spiro atoms. The molecule has 0 atom stereocenters. The Bertz CT molecular complexity index is 877. The Balaban J connectivity index is 2.12. The third-order valence-electron chi connectivity index (χ3n) is 3.96. The van der Waals surface area contributed by atoms with Gasteiger partial charge in [0.1, 0.15) is 10.6 Å². The average Bonchev–Trinajstić information content (AvgIpc) is 2.59. The van der Waals surface area contributed by atoms with Crippen LogP contribution in [-0.4, -0.2) is 34.5 Å². The molecule has 0 aliphatic rings. The maximum atomic E-state index is 12.6. The van der Waals surface area contributed by atoms with Gasteiger partial charge in [-0.05, 0) is 43.7 Å². The molecule has 1 N–H and O–H groups in total. The molecule has 7 heteroatoms. The summed E-state index contributed by atoms with van der Waals surface area (Å²) < 4.78 is 32.9. The number of hydrogen-bond donors (Lipinski definition) is 1. The number of sulfonamides is 1. The Morgan fingerprint density at radius 2 is 1.69 bits per heavy atom. The monoisotopic (exact) mass is 376 g/mol. The van der Waals surface area contributed by atoms with Crippen LogP contribution < -0.4 is 14.4 Å². The molecule has 0 heterocycles. The van der Waals surface area contributed by atoms with Gasteiger partial charge in [-0.2, -0.15) is 0 Å². The number of amides is 1. The van der Waals surface area contributed by atoms with Crippen molar-refractivity contribution < 1.29 is 17.9 Å². The van der Waals surface area contributed by atoms with E-state index in [0.717, 1.165) is 16.8 Å². The maximum Gasteiger partial charge on any atom is 0.244 e. The number of benzene rings is 2. The molecule has 0 aromatic heterocycles. The van der Waals surface area contributed by atoms with Crippen LogP contribution in [0.3, 0.4) is 0 Å². The van der Waals surface area contributed by atoms with Crippen LogP contribution in [0.5, 0.6) is 5.75 Å². The van der Waals surface area contributed by atoms with Crippen LogP contribution >= 0.6 is 0 Å². The second kappa shape index (κ2) is 8.33. The number of ether oxygens (including phenoxy) is 1. The lowest BCUT2D eigenvalue weighted by atomic mass is 10.2. The van der Waals surface area contributed by atoms with E-state index < -0.39 is 10.0 Å². The Morgan fingerprint density at radius 1 is 1.08 bits per heavy atom. The van der Waals surface area contributed by atoms with Crippen molar-refractivity contribution >= 4 is 21.6 Å². The van der Waals surface area contributed by atoms with Crippen molar-refractivity contribution in [3.8, 4) is 5.75 Å². The Kier molecular flexibility index (Phi) is 6.39. The lowest BCUT2D eigenvalue weighted by Crippen LogP contribution is -2.37. The van der Waals surface area contributed by atoms with Crippen molar-refractivity contribution in [2.24, 2.45) is 0 Å². The van der Waals surface area contributed by atoms with E-state index in [1.165, 1.54) is 18.9 Å². The summed E-state index contributed by atoms with van der Waals surface area (Å²) in [6.45, 7) is 5.55. The van der Waals surface area contributed by atoms with Crippen molar-refractivity contribution in [1.82, 2.24) is 4.72 Å². The molecular weight excluding hydrogens is 352 g/mol. The van der Waals surface area contributed by atoms with Gasteiger partial charge in [-0.1, -0.05) is 23.8 Å². The zero-order valence-electron chi connectivity index (χ0n) is 15.4. The molecule has 6 nitrogen and oxygen atoms in total. The van der Waals surface area contributed by atoms with Gasteiger partial charge in [0.15, 0.2) is 0 Å². The van der Waals surface area contributed by atoms with Crippen molar-refractivity contribution in [1.29, 1.82) is 0 Å². The minimum Gasteiger partial charge on any atom is -0.495 e. The second-order valence-corrected chi connectivity index (χ2v) is 7.79. The highest BCUT2D eigenvalue weighted by Gasteiger charge is 2.20. The Morgan fingerprint density at radius 3 is 2.27 bits per heavy atom. The summed E-state index contributed by atoms with van der Waals surface area (Å²) in [5, 5.41) is 0. The number of anilines is 1. The molecule has 0 unspecified atom stereocenters. The zero-order valence-corrected chi connectivity index (χ0v) is 16.3. The molecule has 26 heavy (non-hydrogen) atoms. The molecule has 2 aromatic carbocycles. The summed E-state index contributed by atoms with van der Waals surface area (Å²) in [6.07, 6.45) is 0. The van der Waals surface area contributed by atoms with Gasteiger partial charge in [0.05, 0.1) is 7.11 Å². The number of methoxy groups -OCH3 is 1. The average molecular weight is 376 g/mol. The van der Waals surface area contributed by atoms with Gasteiger partial charge in [0.25, 0.3) is 0 Å². The number of carbonyl (C=O) groups is 1. The summed E-state index contributed by atoms with van der Waals surface area (Å²) >= 11 is 0. The molecule has 2 rings (SSSR count). The van der Waals surface area contributed by atoms with E-state index in [9.17, 15) is 13.2 Å². The minimum absolute atomic E-state index is 0.0877. The lowest BCUT2D eigenvalue weighted by molar-refractivity contribution is -0.116. The fourth-order valence-electron chi connectivity index (χ4n) is 2.56. The molecule has 0 fully saturated rings. The highest BCUT2D eigenvalue weighted by atomic mass is 32.2. The third kappa shape index (κ3) is 4.83. The van der Waals surface area contributed by atoms with E-state index in [4.69, 9.17) is 4.74 Å².